The molecule has 234 valence electrons. The summed E-state index contributed by atoms with van der Waals surface area (Å²) in [4.78, 5) is 13.1. The summed E-state index contributed by atoms with van der Waals surface area (Å²) < 4.78 is 59.2. The van der Waals surface area contributed by atoms with Crippen LogP contribution in [0.25, 0.3) is 16.9 Å². The molecule has 7 nitrogen and oxygen atoms in total. The Balaban J connectivity index is 0.000000853. The van der Waals surface area contributed by atoms with Crippen molar-refractivity contribution in [3.63, 3.8) is 0 Å². The second kappa shape index (κ2) is 16.5. The van der Waals surface area contributed by atoms with Gasteiger partial charge in [0, 0.05) is 18.5 Å². The quantitative estimate of drug-likeness (QED) is 0.158. The summed E-state index contributed by atoms with van der Waals surface area (Å²) in [6.45, 7) is 9.79. The summed E-state index contributed by atoms with van der Waals surface area (Å²) in [6, 6.07) is 12.6. The van der Waals surface area contributed by atoms with Crippen LogP contribution in [0, 0.1) is 12.7 Å². The van der Waals surface area contributed by atoms with Crippen LogP contribution in [0.5, 0.6) is 5.75 Å². The molecule has 2 aromatic heterocycles. The number of aromatic nitrogens is 3. The molecule has 1 aliphatic rings. The Bertz CT molecular complexity index is 1470. The Kier molecular flexibility index (Phi) is 13.4. The van der Waals surface area contributed by atoms with Crippen LogP contribution >= 0.6 is 0 Å². The third kappa shape index (κ3) is 9.69. The van der Waals surface area contributed by atoms with Gasteiger partial charge in [0.25, 0.3) is 0 Å². The first-order valence-electron chi connectivity index (χ1n) is 14.4. The minimum atomic E-state index is -4.28. The van der Waals surface area contributed by atoms with E-state index in [1.54, 1.807) is 28.9 Å². The number of methoxy groups -OCH3 is 1. The van der Waals surface area contributed by atoms with Crippen LogP contribution in [0.3, 0.4) is 0 Å². The van der Waals surface area contributed by atoms with E-state index < -0.39 is 18.4 Å². The van der Waals surface area contributed by atoms with Gasteiger partial charge in [0.05, 0.1) is 36.8 Å². The first kappa shape index (κ1) is 35.0. The highest BCUT2D eigenvalue weighted by atomic mass is 19.4. The fraction of sp³-hybridized carbons (Fsp3) is 0.406. The van der Waals surface area contributed by atoms with Crippen molar-refractivity contribution >= 4 is 17.7 Å². The number of benzene rings is 2. The Labute approximate surface area is 250 Å². The first-order chi connectivity index (χ1) is 20.6. The van der Waals surface area contributed by atoms with Gasteiger partial charge in [0.2, 0.25) is 6.41 Å². The number of nitrogens with one attached hydrogen (secondary N) is 1. The molecule has 1 fully saturated rings. The number of imidazole rings is 1. The highest BCUT2D eigenvalue weighted by molar-refractivity contribution is 5.73. The first-order valence-corrected chi connectivity index (χ1v) is 14.4. The number of ether oxygens (including phenoxy) is 1. The normalized spacial score (nSPS) is 12.1. The van der Waals surface area contributed by atoms with E-state index in [9.17, 15) is 17.6 Å². The van der Waals surface area contributed by atoms with E-state index in [0.717, 1.165) is 11.3 Å². The second-order valence-electron chi connectivity index (χ2n) is 9.35. The average molecular weight is 604 g/mol. The number of nitrogens with zero attached hydrogens (tertiary/aromatic N) is 3. The van der Waals surface area contributed by atoms with Crippen LogP contribution in [0.2, 0.25) is 0 Å². The van der Waals surface area contributed by atoms with Crippen molar-refractivity contribution in [3.8, 4) is 17.0 Å². The number of nitrogens with two attached hydrogens (primary N) is 1. The number of halogens is 4. The number of aryl methyl sites for hydroxylation is 1. The molecule has 1 aliphatic carbocycles. The lowest BCUT2D eigenvalue weighted by atomic mass is 10.0. The van der Waals surface area contributed by atoms with Crippen LogP contribution in [-0.4, -0.2) is 40.8 Å². The molecule has 1 saturated carbocycles. The maximum Gasteiger partial charge on any atom is 0.390 e. The fourth-order valence-electron chi connectivity index (χ4n) is 4.49. The fourth-order valence-corrected chi connectivity index (χ4v) is 4.49. The number of alkyl halides is 3. The number of anilines is 1. The van der Waals surface area contributed by atoms with E-state index in [4.69, 9.17) is 14.6 Å². The molecule has 4 aromatic rings. The van der Waals surface area contributed by atoms with Gasteiger partial charge in [0.15, 0.2) is 17.2 Å². The number of hydrogen-bond donors (Lipinski definition) is 2. The molecule has 0 radical (unpaired) electrons. The molecule has 0 spiro atoms. The van der Waals surface area contributed by atoms with Crippen LogP contribution in [-0.2, 0) is 11.2 Å². The molecule has 2 heterocycles. The van der Waals surface area contributed by atoms with E-state index in [1.165, 1.54) is 37.1 Å². The largest absolute Gasteiger partial charge is 0.494 e. The van der Waals surface area contributed by atoms with Crippen molar-refractivity contribution in [1.82, 2.24) is 14.6 Å². The van der Waals surface area contributed by atoms with Gasteiger partial charge in [-0.15, -0.1) is 0 Å². The standard InChI is InChI=1S/C27H26F4N4O.2C2H6.CH3NO/c1-16-11-19(6-7-21(16)18-4-5-18)24-15-33-26-23(32-10-9-27(29,30)31)14-20(34-35(24)26)12-17-3-8-25(36-2)22(28)13-17;2*1-2;2-1-3/h3,6-8,11,13-15,18,32H,4-5,9-10,12H2,1-2H3;2*1-2H3;1H,(H2,2,3). The highest BCUT2D eigenvalue weighted by Crippen LogP contribution is 2.42. The highest BCUT2D eigenvalue weighted by Gasteiger charge is 2.27. The number of rotatable bonds is 8. The lowest BCUT2D eigenvalue weighted by molar-refractivity contribution is -0.131. The molecule has 0 bridgehead atoms. The zero-order valence-corrected chi connectivity index (χ0v) is 25.6. The third-order valence-electron chi connectivity index (χ3n) is 6.43. The molecule has 1 amide bonds. The number of carbonyl (C=O) groups excluding carboxylic acids is 1. The van der Waals surface area contributed by atoms with Crippen LogP contribution in [0.15, 0.2) is 48.7 Å². The minimum absolute atomic E-state index is 0.138. The number of fused-ring (bicyclic) bond motifs is 1. The SMILES string of the molecule is CC.CC.COc1ccc(Cc2cc(NCCC(F)(F)F)c3ncc(-c4ccc(C5CC5)c(C)c4)n3n2)cc1F.NC=O. The van der Waals surface area contributed by atoms with Crippen molar-refractivity contribution in [3.05, 3.63) is 76.9 Å². The molecule has 0 unspecified atom stereocenters. The maximum absolute atomic E-state index is 14.3. The van der Waals surface area contributed by atoms with Crippen molar-refractivity contribution in [1.29, 1.82) is 0 Å². The van der Waals surface area contributed by atoms with Crippen molar-refractivity contribution in [2.24, 2.45) is 5.73 Å². The molecule has 2 aromatic carbocycles. The number of primary amides is 1. The van der Waals surface area contributed by atoms with Crippen LogP contribution in [0.1, 0.15) is 75.3 Å². The molecule has 0 aliphatic heterocycles. The molecule has 43 heavy (non-hydrogen) atoms. The molecular weight excluding hydrogens is 562 g/mol. The summed E-state index contributed by atoms with van der Waals surface area (Å²) in [5.74, 6) is 0.271. The monoisotopic (exact) mass is 603 g/mol. The second-order valence-corrected chi connectivity index (χ2v) is 9.35. The Morgan fingerprint density at radius 2 is 1.77 bits per heavy atom. The summed E-state index contributed by atoms with van der Waals surface area (Å²) in [5.41, 5.74) is 10.5. The summed E-state index contributed by atoms with van der Waals surface area (Å²) in [6.07, 6.45) is -0.627. The van der Waals surface area contributed by atoms with Gasteiger partial charge in [-0.05, 0) is 66.6 Å². The number of amides is 1. The van der Waals surface area contributed by atoms with E-state index in [-0.39, 0.29) is 25.1 Å². The average Bonchev–Trinajstić information content (AvgIpc) is 3.73. The lowest BCUT2D eigenvalue weighted by Crippen LogP contribution is -2.15. The van der Waals surface area contributed by atoms with Crippen molar-refractivity contribution in [2.45, 2.75) is 72.4 Å². The molecule has 11 heteroatoms. The van der Waals surface area contributed by atoms with Gasteiger partial charge in [-0.3, -0.25) is 4.79 Å². The molecule has 3 N–H and O–H groups in total. The van der Waals surface area contributed by atoms with E-state index in [0.29, 0.717) is 28.5 Å². The van der Waals surface area contributed by atoms with Crippen LogP contribution < -0.4 is 15.8 Å². The van der Waals surface area contributed by atoms with Gasteiger partial charge in [-0.1, -0.05) is 45.9 Å². The van der Waals surface area contributed by atoms with E-state index >= 15 is 0 Å². The summed E-state index contributed by atoms with van der Waals surface area (Å²) >= 11 is 0. The predicted octanol–water partition coefficient (Wildman–Crippen LogP) is 7.84. The zero-order valence-electron chi connectivity index (χ0n) is 25.6. The molecule has 0 saturated heterocycles. The number of carbonyl (C=O) groups is 1. The van der Waals surface area contributed by atoms with Gasteiger partial charge >= 0.3 is 6.18 Å². The Morgan fingerprint density at radius 3 is 2.33 bits per heavy atom. The van der Waals surface area contributed by atoms with Gasteiger partial charge in [0.1, 0.15) is 0 Å². The van der Waals surface area contributed by atoms with Gasteiger partial charge in [-0.2, -0.15) is 18.3 Å². The Hall–Kier alpha value is -4.15. The van der Waals surface area contributed by atoms with E-state index in [2.05, 4.69) is 35.1 Å². The summed E-state index contributed by atoms with van der Waals surface area (Å²) in [7, 11) is 1.39. The zero-order chi connectivity index (χ0) is 32.2. The lowest BCUT2D eigenvalue weighted by Gasteiger charge is -2.13. The maximum atomic E-state index is 14.3. The van der Waals surface area contributed by atoms with Crippen molar-refractivity contribution < 1.29 is 27.1 Å². The number of hydrogen-bond acceptors (Lipinski definition) is 5. The predicted molar refractivity (Wildman–Crippen MR) is 163 cm³/mol. The molecule has 5 rings (SSSR count). The van der Waals surface area contributed by atoms with Crippen LogP contribution in [0.4, 0.5) is 23.2 Å². The van der Waals surface area contributed by atoms with Gasteiger partial charge in [-0.25, -0.2) is 13.9 Å². The van der Waals surface area contributed by atoms with E-state index in [1.807, 2.05) is 33.8 Å². The molecule has 0 atom stereocenters. The molecular formula is C32H41F4N5O2. The third-order valence-corrected chi connectivity index (χ3v) is 6.43. The minimum Gasteiger partial charge on any atom is -0.494 e. The van der Waals surface area contributed by atoms with Gasteiger partial charge < -0.3 is 15.8 Å². The smallest absolute Gasteiger partial charge is 0.390 e. The summed E-state index contributed by atoms with van der Waals surface area (Å²) in [5, 5.41) is 7.61. The Morgan fingerprint density at radius 1 is 1.09 bits per heavy atom. The topological polar surface area (TPSA) is 94.5 Å². The van der Waals surface area contributed by atoms with Crippen molar-refractivity contribution in [2.75, 3.05) is 19.0 Å².